The molecule has 174 valence electrons. The Balaban J connectivity index is 2.48. The van der Waals surface area contributed by atoms with E-state index in [9.17, 15) is 14.4 Å². The molecule has 0 saturated heterocycles. The van der Waals surface area contributed by atoms with Crippen LogP contribution in [0.4, 0.5) is 10.5 Å². The van der Waals surface area contributed by atoms with Gasteiger partial charge in [0, 0.05) is 31.4 Å². The number of nitrogens with one attached hydrogen (secondary N) is 3. The molecule has 0 saturated carbocycles. The predicted molar refractivity (Wildman–Crippen MR) is 126 cm³/mol. The molecule has 2 radical (unpaired) electrons. The molecule has 0 spiro atoms. The molecule has 1 aromatic carbocycles. The van der Waals surface area contributed by atoms with Crippen LogP contribution in [-0.4, -0.2) is 51.3 Å². The summed E-state index contributed by atoms with van der Waals surface area (Å²) in [7, 11) is 6.82. The van der Waals surface area contributed by atoms with E-state index in [0.29, 0.717) is 12.3 Å². The fourth-order valence-corrected chi connectivity index (χ4v) is 3.00. The number of rotatable bonds is 12. The number of aryl methyl sites for hydroxylation is 2. The summed E-state index contributed by atoms with van der Waals surface area (Å²) >= 11 is 0. The third kappa shape index (κ3) is 10.5. The average Bonchev–Trinajstić information content (AvgIpc) is 2.68. The van der Waals surface area contributed by atoms with Gasteiger partial charge in [-0.05, 0) is 57.4 Å². The molecule has 0 aliphatic rings. The number of benzene rings is 1. The lowest BCUT2D eigenvalue weighted by Gasteiger charge is -2.24. The molecule has 0 atom stereocenters. The van der Waals surface area contributed by atoms with Gasteiger partial charge < -0.3 is 25.4 Å². The van der Waals surface area contributed by atoms with Crippen LogP contribution in [0.2, 0.25) is 0 Å². The Labute approximate surface area is 191 Å². The van der Waals surface area contributed by atoms with Crippen LogP contribution in [0.25, 0.3) is 0 Å². The van der Waals surface area contributed by atoms with E-state index in [0.717, 1.165) is 22.4 Å². The largest absolute Gasteiger partial charge is 0.470 e. The SMILES string of the molecule is [B]C(=O)OCc1cc(C)c(NC(=O)CCNC(=O)CC(C)(C)OC/C=C(/C)NC)c(C)c1. The molecule has 8 nitrogen and oxygen atoms in total. The van der Waals surface area contributed by atoms with Crippen molar-refractivity contribution in [2.24, 2.45) is 0 Å². The Morgan fingerprint density at radius 2 is 1.75 bits per heavy atom. The van der Waals surface area contributed by atoms with E-state index in [1.807, 2.05) is 59.9 Å². The summed E-state index contributed by atoms with van der Waals surface area (Å²) in [5, 5.41) is 8.65. The van der Waals surface area contributed by atoms with E-state index >= 15 is 0 Å². The zero-order chi connectivity index (χ0) is 24.3. The highest BCUT2D eigenvalue weighted by molar-refractivity contribution is 6.55. The van der Waals surface area contributed by atoms with Gasteiger partial charge in [-0.25, -0.2) is 0 Å². The molecule has 0 bridgehead atoms. The Bertz CT molecular complexity index is 829. The molecule has 0 aliphatic heterocycles. The second kappa shape index (κ2) is 12.9. The lowest BCUT2D eigenvalue weighted by atomic mass is 10.0. The molecule has 3 N–H and O–H groups in total. The quantitative estimate of drug-likeness (QED) is 0.429. The van der Waals surface area contributed by atoms with E-state index in [1.54, 1.807) is 0 Å². The van der Waals surface area contributed by atoms with Crippen LogP contribution in [0, 0.1) is 13.8 Å². The summed E-state index contributed by atoms with van der Waals surface area (Å²) in [6, 6.07) is 3.64. The predicted octanol–water partition coefficient (Wildman–Crippen LogP) is 2.86. The van der Waals surface area contributed by atoms with Crippen molar-refractivity contribution < 1.29 is 23.9 Å². The van der Waals surface area contributed by atoms with Crippen LogP contribution >= 0.6 is 0 Å². The van der Waals surface area contributed by atoms with Crippen LogP contribution in [0.3, 0.4) is 0 Å². The summed E-state index contributed by atoms with van der Waals surface area (Å²) in [6.45, 7) is 10.0. The summed E-state index contributed by atoms with van der Waals surface area (Å²) in [5.74, 6) is -1.22. The number of hydrogen-bond acceptors (Lipinski definition) is 6. The molecular formula is C23H34BN3O5. The van der Waals surface area contributed by atoms with Crippen molar-refractivity contribution in [3.8, 4) is 0 Å². The zero-order valence-corrected chi connectivity index (χ0v) is 19.9. The normalized spacial score (nSPS) is 11.6. The van der Waals surface area contributed by atoms with Gasteiger partial charge in [0.1, 0.15) is 6.61 Å². The lowest BCUT2D eigenvalue weighted by molar-refractivity contribution is -0.126. The van der Waals surface area contributed by atoms with Gasteiger partial charge in [-0.1, -0.05) is 12.1 Å². The highest BCUT2D eigenvalue weighted by Gasteiger charge is 2.22. The highest BCUT2D eigenvalue weighted by Crippen LogP contribution is 2.23. The fraction of sp³-hybridized carbons (Fsp3) is 0.522. The van der Waals surface area contributed by atoms with Crippen molar-refractivity contribution >= 4 is 31.2 Å². The highest BCUT2D eigenvalue weighted by atomic mass is 16.5. The Hall–Kier alpha value is -2.81. The van der Waals surface area contributed by atoms with E-state index in [1.165, 1.54) is 0 Å². The van der Waals surface area contributed by atoms with Crippen LogP contribution < -0.4 is 16.0 Å². The topological polar surface area (TPSA) is 106 Å². The van der Waals surface area contributed by atoms with Crippen molar-refractivity contribution in [1.29, 1.82) is 0 Å². The van der Waals surface area contributed by atoms with Gasteiger partial charge in [-0.15, -0.1) is 0 Å². The van der Waals surface area contributed by atoms with E-state index < -0.39 is 11.5 Å². The molecule has 0 aromatic heterocycles. The maximum atomic E-state index is 12.3. The van der Waals surface area contributed by atoms with Crippen LogP contribution in [0.1, 0.15) is 50.3 Å². The second-order valence-electron chi connectivity index (χ2n) is 8.25. The van der Waals surface area contributed by atoms with Gasteiger partial charge >= 0.3 is 0 Å². The Morgan fingerprint density at radius 3 is 2.31 bits per heavy atom. The first-order valence-electron chi connectivity index (χ1n) is 10.5. The van der Waals surface area contributed by atoms with Crippen molar-refractivity contribution in [3.63, 3.8) is 0 Å². The van der Waals surface area contributed by atoms with Crippen molar-refractivity contribution in [3.05, 3.63) is 40.6 Å². The maximum absolute atomic E-state index is 12.3. The standard InChI is InChI=1S/C23H34BN3O5/c1-15-11-18(14-31-22(24)30)12-16(2)21(15)27-19(28)7-9-26-20(29)13-23(4,5)32-10-8-17(3)25-6/h8,11-12,25H,7,9-10,13-14H2,1-6H3,(H,26,29)(H,27,28)/b17-8-. The first-order valence-corrected chi connectivity index (χ1v) is 10.5. The number of allylic oxidation sites excluding steroid dienone is 1. The molecule has 0 fully saturated rings. The Kier molecular flexibility index (Phi) is 11.0. The zero-order valence-electron chi connectivity index (χ0n) is 19.9. The minimum absolute atomic E-state index is 0.0721. The van der Waals surface area contributed by atoms with Gasteiger partial charge in [0.2, 0.25) is 25.5 Å². The third-order valence-electron chi connectivity index (χ3n) is 4.76. The first-order chi connectivity index (χ1) is 14.9. The number of carbonyl (C=O) groups excluding carboxylic acids is 3. The maximum Gasteiger partial charge on any atom is 0.236 e. The van der Waals surface area contributed by atoms with Crippen molar-refractivity contribution in [1.82, 2.24) is 10.6 Å². The number of carbonyl (C=O) groups is 3. The molecule has 0 aliphatic carbocycles. The van der Waals surface area contributed by atoms with E-state index in [4.69, 9.17) is 17.3 Å². The molecule has 2 amide bonds. The van der Waals surface area contributed by atoms with Crippen LogP contribution in [0.15, 0.2) is 23.9 Å². The number of ether oxygens (including phenoxy) is 2. The monoisotopic (exact) mass is 443 g/mol. The smallest absolute Gasteiger partial charge is 0.236 e. The van der Waals surface area contributed by atoms with Crippen molar-refractivity contribution in [2.45, 2.75) is 59.7 Å². The first kappa shape index (κ1) is 27.2. The molecule has 0 heterocycles. The molecule has 1 rings (SSSR count). The van der Waals surface area contributed by atoms with Gasteiger partial charge in [0.05, 0.1) is 18.6 Å². The fourth-order valence-electron chi connectivity index (χ4n) is 3.00. The summed E-state index contributed by atoms with van der Waals surface area (Å²) in [5.41, 5.74) is 3.54. The summed E-state index contributed by atoms with van der Waals surface area (Å²) in [6.07, 6.45) is 2.24. The molecular weight excluding hydrogens is 409 g/mol. The van der Waals surface area contributed by atoms with Crippen LogP contribution in [-0.2, 0) is 25.7 Å². The minimum atomic E-state index is -0.838. The molecule has 9 heteroatoms. The molecule has 1 aromatic rings. The van der Waals surface area contributed by atoms with Gasteiger partial charge in [0.15, 0.2) is 0 Å². The van der Waals surface area contributed by atoms with Gasteiger partial charge in [-0.3, -0.25) is 14.4 Å². The van der Waals surface area contributed by atoms with Gasteiger partial charge in [-0.2, -0.15) is 0 Å². The van der Waals surface area contributed by atoms with Gasteiger partial charge in [0.25, 0.3) is 0 Å². The van der Waals surface area contributed by atoms with Crippen molar-refractivity contribution in [2.75, 3.05) is 25.5 Å². The number of anilines is 1. The van der Waals surface area contributed by atoms with E-state index in [-0.39, 0.29) is 37.8 Å². The molecule has 0 unspecified atom stereocenters. The number of hydrogen-bond donors (Lipinski definition) is 3. The average molecular weight is 443 g/mol. The van der Waals surface area contributed by atoms with E-state index in [2.05, 4.69) is 16.0 Å². The van der Waals surface area contributed by atoms with Crippen LogP contribution in [0.5, 0.6) is 0 Å². The third-order valence-corrected chi connectivity index (χ3v) is 4.76. The number of amides is 2. The second-order valence-corrected chi connectivity index (χ2v) is 8.25. The lowest BCUT2D eigenvalue weighted by Crippen LogP contribution is -2.36. The summed E-state index contributed by atoms with van der Waals surface area (Å²) < 4.78 is 10.6. The Morgan fingerprint density at radius 1 is 1.12 bits per heavy atom. The molecule has 32 heavy (non-hydrogen) atoms. The summed E-state index contributed by atoms with van der Waals surface area (Å²) in [4.78, 5) is 35.3. The minimum Gasteiger partial charge on any atom is -0.470 e.